The molecule has 0 aromatic heterocycles. The smallest absolute Gasteiger partial charge is 0.223 e. The fourth-order valence-electron chi connectivity index (χ4n) is 3.65. The first-order chi connectivity index (χ1) is 11.4. The van der Waals surface area contributed by atoms with E-state index in [1.165, 1.54) is 0 Å². The fraction of sp³-hybridized carbons (Fsp3) is 0.632. The summed E-state index contributed by atoms with van der Waals surface area (Å²) >= 11 is 0. The van der Waals surface area contributed by atoms with E-state index in [1.54, 1.807) is 7.11 Å². The van der Waals surface area contributed by atoms with Crippen LogP contribution in [0.5, 0.6) is 11.5 Å². The maximum Gasteiger partial charge on any atom is 0.223 e. The van der Waals surface area contributed by atoms with Crippen LogP contribution in [0.3, 0.4) is 0 Å². The molecule has 1 saturated heterocycles. The zero-order valence-electron chi connectivity index (χ0n) is 15.1. The van der Waals surface area contributed by atoms with Crippen molar-refractivity contribution in [1.29, 1.82) is 0 Å². The molecule has 24 heavy (non-hydrogen) atoms. The van der Waals surface area contributed by atoms with Crippen LogP contribution >= 0.6 is 0 Å². The Kier molecular flexibility index (Phi) is 4.72. The first-order valence-corrected chi connectivity index (χ1v) is 8.74. The largest absolute Gasteiger partial charge is 0.497 e. The molecule has 0 radical (unpaired) electrons. The van der Waals surface area contributed by atoms with Crippen LogP contribution in [-0.2, 0) is 4.79 Å². The number of ether oxygens (including phenoxy) is 2. The normalized spacial score (nSPS) is 23.9. The minimum absolute atomic E-state index is 0.0361. The highest BCUT2D eigenvalue weighted by Crippen LogP contribution is 2.41. The van der Waals surface area contributed by atoms with Gasteiger partial charge in [0, 0.05) is 17.9 Å². The summed E-state index contributed by atoms with van der Waals surface area (Å²) in [4.78, 5) is 15.0. The molecule has 5 heteroatoms. The maximum absolute atomic E-state index is 12.7. The van der Waals surface area contributed by atoms with Gasteiger partial charge in [0.25, 0.3) is 0 Å². The molecule has 1 N–H and O–H groups in total. The van der Waals surface area contributed by atoms with Gasteiger partial charge in [0.15, 0.2) is 0 Å². The lowest BCUT2D eigenvalue weighted by atomic mass is 9.88. The van der Waals surface area contributed by atoms with Crippen molar-refractivity contribution in [3.05, 3.63) is 23.8 Å². The second kappa shape index (κ2) is 6.63. The van der Waals surface area contributed by atoms with Gasteiger partial charge in [0.1, 0.15) is 17.1 Å². The Morgan fingerprint density at radius 2 is 2.04 bits per heavy atom. The number of carbonyl (C=O) groups excluding carboxylic acids is 1. The molecular formula is C19H28N2O3. The molecule has 1 atom stereocenters. The van der Waals surface area contributed by atoms with Gasteiger partial charge < -0.3 is 19.7 Å². The molecule has 3 rings (SSSR count). The van der Waals surface area contributed by atoms with Gasteiger partial charge in [0.05, 0.1) is 13.2 Å². The summed E-state index contributed by atoms with van der Waals surface area (Å²) in [6.45, 7) is 6.10. The zero-order chi connectivity index (χ0) is 17.3. The summed E-state index contributed by atoms with van der Waals surface area (Å²) in [6.07, 6.45) is 2.62. The van der Waals surface area contributed by atoms with E-state index in [-0.39, 0.29) is 23.5 Å². The van der Waals surface area contributed by atoms with Crippen molar-refractivity contribution in [2.45, 2.75) is 44.8 Å². The number of likely N-dealkylation sites (tertiary alicyclic amines) is 1. The summed E-state index contributed by atoms with van der Waals surface area (Å²) in [5.41, 5.74) is 0.710. The SMILES string of the molecule is COc1ccc2c(c1)[C@H](NC(=O)C1CCN(C)CC1)CC(C)(C)O2. The Balaban J connectivity index is 1.78. The molecule has 1 aromatic rings. The number of amides is 1. The average molecular weight is 332 g/mol. The van der Waals surface area contributed by atoms with E-state index in [1.807, 2.05) is 18.2 Å². The minimum atomic E-state index is -0.299. The van der Waals surface area contributed by atoms with Crippen LogP contribution in [0.1, 0.15) is 44.7 Å². The van der Waals surface area contributed by atoms with Crippen LogP contribution in [0, 0.1) is 5.92 Å². The minimum Gasteiger partial charge on any atom is -0.497 e. The van der Waals surface area contributed by atoms with Crippen LogP contribution in [0.4, 0.5) is 0 Å². The van der Waals surface area contributed by atoms with E-state index in [0.29, 0.717) is 0 Å². The maximum atomic E-state index is 12.7. The molecule has 1 amide bonds. The molecule has 0 spiro atoms. The lowest BCUT2D eigenvalue weighted by molar-refractivity contribution is -0.127. The monoisotopic (exact) mass is 332 g/mol. The molecule has 2 aliphatic rings. The molecule has 2 aliphatic heterocycles. The van der Waals surface area contributed by atoms with Gasteiger partial charge in [-0.1, -0.05) is 0 Å². The van der Waals surface area contributed by atoms with Crippen LogP contribution in [0.15, 0.2) is 18.2 Å². The third-order valence-electron chi connectivity index (χ3n) is 5.08. The van der Waals surface area contributed by atoms with Crippen molar-refractivity contribution in [2.75, 3.05) is 27.2 Å². The second-order valence-electron chi connectivity index (χ2n) is 7.61. The van der Waals surface area contributed by atoms with Gasteiger partial charge >= 0.3 is 0 Å². The van der Waals surface area contributed by atoms with Crippen LogP contribution < -0.4 is 14.8 Å². The van der Waals surface area contributed by atoms with Crippen molar-refractivity contribution in [1.82, 2.24) is 10.2 Å². The number of nitrogens with one attached hydrogen (secondary N) is 1. The fourth-order valence-corrected chi connectivity index (χ4v) is 3.65. The number of nitrogens with zero attached hydrogens (tertiary/aromatic N) is 1. The van der Waals surface area contributed by atoms with E-state index >= 15 is 0 Å². The first kappa shape index (κ1) is 17.1. The Hall–Kier alpha value is -1.75. The Bertz CT molecular complexity index is 607. The highest BCUT2D eigenvalue weighted by Gasteiger charge is 2.36. The molecule has 0 saturated carbocycles. The first-order valence-electron chi connectivity index (χ1n) is 8.74. The van der Waals surface area contributed by atoms with Gasteiger partial charge in [-0.15, -0.1) is 0 Å². The van der Waals surface area contributed by atoms with Crippen LogP contribution in [0.2, 0.25) is 0 Å². The van der Waals surface area contributed by atoms with Crippen LogP contribution in [0.25, 0.3) is 0 Å². The number of carbonyl (C=O) groups is 1. The predicted octanol–water partition coefficient (Wildman–Crippen LogP) is 2.76. The topological polar surface area (TPSA) is 50.8 Å². The van der Waals surface area contributed by atoms with E-state index in [0.717, 1.165) is 49.4 Å². The number of hydrogen-bond acceptors (Lipinski definition) is 4. The molecule has 5 nitrogen and oxygen atoms in total. The number of methoxy groups -OCH3 is 1. The zero-order valence-corrected chi connectivity index (χ0v) is 15.1. The molecule has 1 aromatic carbocycles. The molecule has 2 heterocycles. The number of benzene rings is 1. The highest BCUT2D eigenvalue weighted by molar-refractivity contribution is 5.79. The van der Waals surface area contributed by atoms with Crippen molar-refractivity contribution in [3.63, 3.8) is 0 Å². The molecule has 1 fully saturated rings. The highest BCUT2D eigenvalue weighted by atomic mass is 16.5. The second-order valence-corrected chi connectivity index (χ2v) is 7.61. The number of fused-ring (bicyclic) bond motifs is 1. The Morgan fingerprint density at radius 1 is 1.33 bits per heavy atom. The third kappa shape index (κ3) is 3.66. The summed E-state index contributed by atoms with van der Waals surface area (Å²) in [6, 6.07) is 5.77. The average Bonchev–Trinajstić information content (AvgIpc) is 2.54. The lowest BCUT2D eigenvalue weighted by Gasteiger charge is -2.39. The van der Waals surface area contributed by atoms with Gasteiger partial charge in [-0.3, -0.25) is 4.79 Å². The van der Waals surface area contributed by atoms with Gasteiger partial charge in [-0.2, -0.15) is 0 Å². The van der Waals surface area contributed by atoms with Crippen molar-refractivity contribution >= 4 is 5.91 Å². The molecule has 0 aliphatic carbocycles. The van der Waals surface area contributed by atoms with Gasteiger partial charge in [-0.05, 0) is 65.0 Å². The lowest BCUT2D eigenvalue weighted by Crippen LogP contribution is -2.44. The summed E-state index contributed by atoms with van der Waals surface area (Å²) in [5.74, 6) is 1.90. The van der Waals surface area contributed by atoms with Crippen LogP contribution in [-0.4, -0.2) is 43.7 Å². The molecular weight excluding hydrogens is 304 g/mol. The van der Waals surface area contributed by atoms with E-state index < -0.39 is 0 Å². The van der Waals surface area contributed by atoms with Gasteiger partial charge in [0.2, 0.25) is 5.91 Å². The standard InChI is InChI=1S/C19H28N2O3/c1-19(2)12-16(15-11-14(23-4)5-6-17(15)24-19)20-18(22)13-7-9-21(3)10-8-13/h5-6,11,13,16H,7-10,12H2,1-4H3,(H,20,22)/t16-/m1/s1. The number of hydrogen-bond donors (Lipinski definition) is 1. The Morgan fingerprint density at radius 3 is 2.71 bits per heavy atom. The summed E-state index contributed by atoms with van der Waals surface area (Å²) in [7, 11) is 3.76. The number of rotatable bonds is 3. The molecule has 0 unspecified atom stereocenters. The van der Waals surface area contributed by atoms with E-state index in [2.05, 4.69) is 31.1 Å². The number of piperidine rings is 1. The molecule has 132 valence electrons. The van der Waals surface area contributed by atoms with E-state index in [9.17, 15) is 4.79 Å². The third-order valence-corrected chi connectivity index (χ3v) is 5.08. The van der Waals surface area contributed by atoms with Gasteiger partial charge in [-0.25, -0.2) is 0 Å². The van der Waals surface area contributed by atoms with Crippen molar-refractivity contribution in [3.8, 4) is 11.5 Å². The van der Waals surface area contributed by atoms with E-state index in [4.69, 9.17) is 9.47 Å². The summed E-state index contributed by atoms with van der Waals surface area (Å²) < 4.78 is 11.4. The predicted molar refractivity (Wildman–Crippen MR) is 93.4 cm³/mol. The van der Waals surface area contributed by atoms with Crippen molar-refractivity contribution < 1.29 is 14.3 Å². The van der Waals surface area contributed by atoms with Crippen molar-refractivity contribution in [2.24, 2.45) is 5.92 Å². The summed E-state index contributed by atoms with van der Waals surface area (Å²) in [5, 5.41) is 3.27. The quantitative estimate of drug-likeness (QED) is 0.925. The molecule has 0 bridgehead atoms. The Labute approximate surface area is 144 Å².